The van der Waals surface area contributed by atoms with E-state index >= 15 is 0 Å². The first-order chi connectivity index (χ1) is 12.3. The lowest BCUT2D eigenvalue weighted by Gasteiger charge is -2.52. The van der Waals surface area contributed by atoms with Crippen LogP contribution in [0.25, 0.3) is 0 Å². The van der Waals surface area contributed by atoms with Gasteiger partial charge in [0.05, 0.1) is 13.5 Å². The largest absolute Gasteiger partial charge is 0.497 e. The fourth-order valence-electron chi connectivity index (χ4n) is 3.00. The number of thioether (sulfide) groups is 1. The van der Waals surface area contributed by atoms with Crippen LogP contribution in [-0.2, 0) is 25.5 Å². The Bertz CT molecular complexity index is 807. The topological polar surface area (TPSA) is 120 Å². The highest BCUT2D eigenvalue weighted by Crippen LogP contribution is 2.49. The summed E-state index contributed by atoms with van der Waals surface area (Å²) in [6.07, 6.45) is 1.25. The Kier molecular flexibility index (Phi) is 4.80. The highest BCUT2D eigenvalue weighted by molar-refractivity contribution is 8.02. The number of rotatable bonds is 6. The number of aliphatic carboxylic acids is 1. The molecule has 138 valence electrons. The van der Waals surface area contributed by atoms with Crippen molar-refractivity contribution in [3.8, 4) is 0 Å². The maximum Gasteiger partial charge on any atom is 0.356 e. The van der Waals surface area contributed by atoms with Gasteiger partial charge in [-0.2, -0.15) is 0 Å². The standard InChI is InChI=1S/C16H17N3O5S2/c1-16(7-17)12(24-2)11(15(22)23)19-13(21)10(14(19)26-16)18-9(20)6-8-4-3-5-25-8/h3-5,7,10,14,17H,6H2,1-2H3,(H,18,20)(H,22,23)/t10?,14-,16+/m1/s1. The number of β-lactam (4-membered cyclic amide) rings is 1. The van der Waals surface area contributed by atoms with E-state index in [2.05, 4.69) is 5.32 Å². The van der Waals surface area contributed by atoms with Gasteiger partial charge in [0.1, 0.15) is 21.9 Å². The van der Waals surface area contributed by atoms with Gasteiger partial charge in [-0.15, -0.1) is 23.1 Å². The number of carbonyl (C=O) groups is 3. The third-order valence-electron chi connectivity index (χ3n) is 4.23. The number of methoxy groups -OCH3 is 1. The number of nitrogens with zero attached hydrogens (tertiary/aromatic N) is 1. The Morgan fingerprint density at radius 2 is 2.27 bits per heavy atom. The van der Waals surface area contributed by atoms with Gasteiger partial charge >= 0.3 is 5.97 Å². The van der Waals surface area contributed by atoms with Crippen LogP contribution in [0.3, 0.4) is 0 Å². The average molecular weight is 395 g/mol. The number of carboxylic acid groups (broad SMARTS) is 1. The highest BCUT2D eigenvalue weighted by atomic mass is 32.2. The second kappa shape index (κ2) is 6.76. The Hall–Kier alpha value is -2.33. The number of carbonyl (C=O) groups excluding carboxylic acids is 2. The van der Waals surface area contributed by atoms with Crippen LogP contribution in [0.1, 0.15) is 11.8 Å². The van der Waals surface area contributed by atoms with Gasteiger partial charge in [0.15, 0.2) is 5.70 Å². The summed E-state index contributed by atoms with van der Waals surface area (Å²) in [6, 6.07) is 2.84. The summed E-state index contributed by atoms with van der Waals surface area (Å²) in [5.41, 5.74) is -0.281. The fourth-order valence-corrected chi connectivity index (χ4v) is 5.19. The number of amides is 2. The number of hydrogen-bond acceptors (Lipinski definition) is 7. The number of thiophene rings is 1. The number of carboxylic acids is 1. The van der Waals surface area contributed by atoms with Gasteiger partial charge in [0.2, 0.25) is 5.91 Å². The van der Waals surface area contributed by atoms with Crippen molar-refractivity contribution in [2.75, 3.05) is 7.11 Å². The fraction of sp³-hybridized carbons (Fsp3) is 0.375. The maximum absolute atomic E-state index is 12.5. The van der Waals surface area contributed by atoms with Crippen LogP contribution in [0.5, 0.6) is 0 Å². The quantitative estimate of drug-likeness (QED) is 0.489. The van der Waals surface area contributed by atoms with Crippen molar-refractivity contribution >= 4 is 47.1 Å². The molecule has 0 aromatic carbocycles. The zero-order valence-corrected chi connectivity index (χ0v) is 15.6. The molecule has 0 aliphatic carbocycles. The van der Waals surface area contributed by atoms with E-state index in [4.69, 9.17) is 10.1 Å². The summed E-state index contributed by atoms with van der Waals surface area (Å²) in [5, 5.41) is 21.2. The molecule has 8 nitrogen and oxygen atoms in total. The number of hydrogen-bond donors (Lipinski definition) is 3. The molecule has 2 aliphatic heterocycles. The minimum absolute atomic E-state index is 0.0398. The van der Waals surface area contributed by atoms with Gasteiger partial charge < -0.3 is 20.6 Å². The lowest BCUT2D eigenvalue weighted by molar-refractivity contribution is -0.151. The maximum atomic E-state index is 12.5. The van der Waals surface area contributed by atoms with Crippen LogP contribution in [0.2, 0.25) is 0 Å². The molecule has 1 saturated heterocycles. The van der Waals surface area contributed by atoms with Crippen LogP contribution >= 0.6 is 23.1 Å². The van der Waals surface area contributed by atoms with E-state index in [0.717, 1.165) is 16.0 Å². The summed E-state index contributed by atoms with van der Waals surface area (Å²) in [7, 11) is 1.31. The number of ether oxygens (including phenoxy) is 1. The summed E-state index contributed by atoms with van der Waals surface area (Å²) in [5.74, 6) is -2.07. The van der Waals surface area contributed by atoms with Crippen LogP contribution in [0.4, 0.5) is 0 Å². The van der Waals surface area contributed by atoms with Crippen LogP contribution in [-0.4, -0.2) is 57.3 Å². The van der Waals surface area contributed by atoms with Crippen molar-refractivity contribution in [1.29, 1.82) is 5.41 Å². The molecule has 2 aliphatic rings. The second-order valence-electron chi connectivity index (χ2n) is 5.96. The number of fused-ring (bicyclic) bond motifs is 1. The Morgan fingerprint density at radius 1 is 1.54 bits per heavy atom. The van der Waals surface area contributed by atoms with E-state index in [0.29, 0.717) is 0 Å². The van der Waals surface area contributed by atoms with Gasteiger partial charge in [-0.05, 0) is 18.4 Å². The molecule has 26 heavy (non-hydrogen) atoms. The third-order valence-corrected chi connectivity index (χ3v) is 6.62. The first-order valence-corrected chi connectivity index (χ1v) is 9.44. The predicted molar refractivity (Wildman–Crippen MR) is 97.0 cm³/mol. The van der Waals surface area contributed by atoms with Crippen molar-refractivity contribution in [2.45, 2.75) is 29.5 Å². The van der Waals surface area contributed by atoms with E-state index in [1.54, 1.807) is 6.92 Å². The molecule has 1 aromatic rings. The average Bonchev–Trinajstić information content (AvgIpc) is 3.11. The van der Waals surface area contributed by atoms with Crippen LogP contribution in [0, 0.1) is 5.41 Å². The molecule has 3 rings (SSSR count). The third kappa shape index (κ3) is 2.88. The summed E-state index contributed by atoms with van der Waals surface area (Å²) in [4.78, 5) is 38.4. The molecule has 1 aromatic heterocycles. The van der Waals surface area contributed by atoms with E-state index in [9.17, 15) is 19.5 Å². The monoisotopic (exact) mass is 395 g/mol. The summed E-state index contributed by atoms with van der Waals surface area (Å²) < 4.78 is 4.17. The minimum atomic E-state index is -1.31. The lowest BCUT2D eigenvalue weighted by Crippen LogP contribution is -2.72. The summed E-state index contributed by atoms with van der Waals surface area (Å²) in [6.45, 7) is 1.65. The molecular formula is C16H17N3O5S2. The normalized spacial score (nSPS) is 27.5. The van der Waals surface area contributed by atoms with Crippen LogP contribution < -0.4 is 5.32 Å². The van der Waals surface area contributed by atoms with E-state index in [1.165, 1.54) is 30.2 Å². The Balaban J connectivity index is 1.84. The predicted octanol–water partition coefficient (Wildman–Crippen LogP) is 1.04. The van der Waals surface area contributed by atoms with Gasteiger partial charge in [-0.3, -0.25) is 14.5 Å². The molecule has 0 spiro atoms. The Morgan fingerprint density at radius 3 is 2.81 bits per heavy atom. The van der Waals surface area contributed by atoms with Gasteiger partial charge in [0.25, 0.3) is 5.91 Å². The Labute approximate surface area is 157 Å². The van der Waals surface area contributed by atoms with E-state index in [-0.39, 0.29) is 23.8 Å². The van der Waals surface area contributed by atoms with E-state index in [1.807, 2.05) is 17.5 Å². The molecule has 3 atom stereocenters. The first-order valence-electron chi connectivity index (χ1n) is 7.68. The highest BCUT2D eigenvalue weighted by Gasteiger charge is 2.59. The second-order valence-corrected chi connectivity index (χ2v) is 8.56. The minimum Gasteiger partial charge on any atom is -0.497 e. The van der Waals surface area contributed by atoms with E-state index < -0.39 is 28.0 Å². The van der Waals surface area contributed by atoms with Gasteiger partial charge in [0, 0.05) is 11.1 Å². The zero-order valence-electron chi connectivity index (χ0n) is 14.0. The first kappa shape index (κ1) is 18.5. The van der Waals surface area contributed by atoms with Crippen molar-refractivity contribution in [2.24, 2.45) is 0 Å². The van der Waals surface area contributed by atoms with Gasteiger partial charge in [-0.25, -0.2) is 4.79 Å². The van der Waals surface area contributed by atoms with Crippen molar-refractivity contribution < 1.29 is 24.2 Å². The lowest BCUT2D eigenvalue weighted by atomic mass is 10.00. The SMILES string of the molecule is COC1=C(C(=O)O)N2C(=O)C(NC(=O)Cc3cccs3)[C@H]2S[C@@]1(C)C=N. The van der Waals surface area contributed by atoms with Crippen molar-refractivity contribution in [1.82, 2.24) is 10.2 Å². The van der Waals surface area contributed by atoms with Crippen molar-refractivity contribution in [3.05, 3.63) is 33.8 Å². The summed E-state index contributed by atoms with van der Waals surface area (Å²) >= 11 is 2.65. The van der Waals surface area contributed by atoms with Crippen molar-refractivity contribution in [3.63, 3.8) is 0 Å². The molecule has 1 unspecified atom stereocenters. The molecule has 10 heteroatoms. The zero-order chi connectivity index (χ0) is 19.1. The molecule has 0 bridgehead atoms. The molecule has 2 amide bonds. The smallest absolute Gasteiger partial charge is 0.356 e. The van der Waals surface area contributed by atoms with Gasteiger partial charge in [-0.1, -0.05) is 6.07 Å². The molecule has 0 saturated carbocycles. The van der Waals surface area contributed by atoms with Crippen LogP contribution in [0.15, 0.2) is 29.0 Å². The molecule has 3 heterocycles. The number of nitrogens with one attached hydrogen (secondary N) is 2. The molecule has 1 fully saturated rings. The molecule has 3 N–H and O–H groups in total. The molecular weight excluding hydrogens is 378 g/mol. The molecule has 0 radical (unpaired) electrons.